The summed E-state index contributed by atoms with van der Waals surface area (Å²) in [6.45, 7) is 0.520. The minimum Gasteiger partial charge on any atom is -0.337 e. The summed E-state index contributed by atoms with van der Waals surface area (Å²) in [5, 5.41) is 15.3. The molecule has 0 aliphatic heterocycles. The molecule has 2 aromatic carbocycles. The highest BCUT2D eigenvalue weighted by atomic mass is 35.5. The number of nitrogens with one attached hydrogen (secondary N) is 2. The first-order valence-electron chi connectivity index (χ1n) is 7.16. The standard InChI is InChI=1S/C17H15Cl2N3OS/c18-15-6-5-14(9-16(15)19)22-17(23)21-7-8-24-11-13-4-2-1-3-12(13)10-20/h1-6,9H,7-8,11H2,(H2,21,22,23). The lowest BCUT2D eigenvalue weighted by Crippen LogP contribution is -2.30. The molecule has 0 aliphatic rings. The Morgan fingerprint density at radius 2 is 1.96 bits per heavy atom. The van der Waals surface area contributed by atoms with Gasteiger partial charge in [-0.25, -0.2) is 4.79 Å². The van der Waals surface area contributed by atoms with Crippen molar-refractivity contribution in [3.8, 4) is 6.07 Å². The molecule has 0 heterocycles. The summed E-state index contributed by atoms with van der Waals surface area (Å²) < 4.78 is 0. The number of benzene rings is 2. The van der Waals surface area contributed by atoms with Crippen molar-refractivity contribution in [2.45, 2.75) is 5.75 Å². The Bertz CT molecular complexity index is 762. The number of carbonyl (C=O) groups is 1. The number of anilines is 1. The number of carbonyl (C=O) groups excluding carboxylic acids is 1. The van der Waals surface area contributed by atoms with E-state index in [0.717, 1.165) is 17.1 Å². The van der Waals surface area contributed by atoms with Crippen LogP contribution in [0.4, 0.5) is 10.5 Å². The third-order valence-electron chi connectivity index (χ3n) is 3.10. The van der Waals surface area contributed by atoms with E-state index in [2.05, 4.69) is 16.7 Å². The Morgan fingerprint density at radius 1 is 1.17 bits per heavy atom. The average Bonchev–Trinajstić information content (AvgIpc) is 2.58. The van der Waals surface area contributed by atoms with Crippen LogP contribution in [0.25, 0.3) is 0 Å². The first-order chi connectivity index (χ1) is 11.6. The van der Waals surface area contributed by atoms with Crippen LogP contribution in [-0.2, 0) is 5.75 Å². The van der Waals surface area contributed by atoms with E-state index in [1.54, 1.807) is 36.0 Å². The molecule has 0 aliphatic carbocycles. The monoisotopic (exact) mass is 379 g/mol. The van der Waals surface area contributed by atoms with Crippen LogP contribution in [0.5, 0.6) is 0 Å². The molecular formula is C17H15Cl2N3OS. The number of hydrogen-bond acceptors (Lipinski definition) is 3. The van der Waals surface area contributed by atoms with Crippen LogP contribution >= 0.6 is 35.0 Å². The molecule has 2 N–H and O–H groups in total. The predicted octanol–water partition coefficient (Wildman–Crippen LogP) is 4.92. The van der Waals surface area contributed by atoms with Gasteiger partial charge in [-0.15, -0.1) is 0 Å². The Kier molecular flexibility index (Phi) is 7.26. The fourth-order valence-corrected chi connectivity index (χ4v) is 3.08. The number of rotatable bonds is 6. The van der Waals surface area contributed by atoms with Crippen molar-refractivity contribution in [2.75, 3.05) is 17.6 Å². The lowest BCUT2D eigenvalue weighted by atomic mass is 10.1. The number of halogens is 2. The molecular weight excluding hydrogens is 365 g/mol. The largest absolute Gasteiger partial charge is 0.337 e. The molecule has 0 unspecified atom stereocenters. The van der Waals surface area contributed by atoms with Gasteiger partial charge in [-0.1, -0.05) is 41.4 Å². The topological polar surface area (TPSA) is 64.9 Å². The summed E-state index contributed by atoms with van der Waals surface area (Å²) in [7, 11) is 0. The van der Waals surface area contributed by atoms with E-state index in [1.807, 2.05) is 18.2 Å². The summed E-state index contributed by atoms with van der Waals surface area (Å²) in [4.78, 5) is 11.8. The van der Waals surface area contributed by atoms with E-state index in [1.165, 1.54) is 0 Å². The second kappa shape index (κ2) is 9.43. The van der Waals surface area contributed by atoms with Gasteiger partial charge in [-0.05, 0) is 29.8 Å². The fraction of sp³-hybridized carbons (Fsp3) is 0.176. The number of urea groups is 1. The van der Waals surface area contributed by atoms with Gasteiger partial charge in [0.05, 0.1) is 21.7 Å². The molecule has 0 bridgehead atoms. The smallest absolute Gasteiger partial charge is 0.319 e. The van der Waals surface area contributed by atoms with Gasteiger partial charge in [0.15, 0.2) is 0 Å². The molecule has 0 saturated carbocycles. The molecule has 7 heteroatoms. The summed E-state index contributed by atoms with van der Waals surface area (Å²) in [5.41, 5.74) is 2.28. The molecule has 0 saturated heterocycles. The number of amides is 2. The first kappa shape index (κ1) is 18.5. The maximum Gasteiger partial charge on any atom is 0.319 e. The summed E-state index contributed by atoms with van der Waals surface area (Å²) in [5.74, 6) is 1.48. The Balaban J connectivity index is 1.69. The van der Waals surface area contributed by atoms with E-state index in [4.69, 9.17) is 28.5 Å². The number of nitrogens with zero attached hydrogens (tertiary/aromatic N) is 1. The van der Waals surface area contributed by atoms with Crippen molar-refractivity contribution >= 4 is 46.7 Å². The quantitative estimate of drug-likeness (QED) is 0.699. The molecule has 0 fully saturated rings. The zero-order chi connectivity index (χ0) is 17.4. The predicted molar refractivity (Wildman–Crippen MR) is 101 cm³/mol. The van der Waals surface area contributed by atoms with Crippen LogP contribution < -0.4 is 10.6 Å². The summed E-state index contributed by atoms with van der Waals surface area (Å²) in [6, 6.07) is 14.3. The molecule has 0 spiro atoms. The van der Waals surface area contributed by atoms with Crippen molar-refractivity contribution in [1.29, 1.82) is 5.26 Å². The second-order valence-electron chi connectivity index (χ2n) is 4.83. The third-order valence-corrected chi connectivity index (χ3v) is 4.85. The van der Waals surface area contributed by atoms with E-state index >= 15 is 0 Å². The van der Waals surface area contributed by atoms with Crippen molar-refractivity contribution in [1.82, 2.24) is 5.32 Å². The molecule has 24 heavy (non-hydrogen) atoms. The van der Waals surface area contributed by atoms with Crippen LogP contribution in [-0.4, -0.2) is 18.3 Å². The van der Waals surface area contributed by atoms with Gasteiger partial charge in [0.25, 0.3) is 0 Å². The molecule has 4 nitrogen and oxygen atoms in total. The van der Waals surface area contributed by atoms with Crippen LogP contribution in [0.1, 0.15) is 11.1 Å². The lowest BCUT2D eigenvalue weighted by Gasteiger charge is -2.08. The minimum absolute atomic E-state index is 0.300. The summed E-state index contributed by atoms with van der Waals surface area (Å²) >= 11 is 13.4. The van der Waals surface area contributed by atoms with Gasteiger partial charge in [0.2, 0.25) is 0 Å². The van der Waals surface area contributed by atoms with Crippen molar-refractivity contribution in [3.63, 3.8) is 0 Å². The second-order valence-corrected chi connectivity index (χ2v) is 6.75. The zero-order valence-electron chi connectivity index (χ0n) is 12.7. The van der Waals surface area contributed by atoms with E-state index in [-0.39, 0.29) is 6.03 Å². The molecule has 124 valence electrons. The van der Waals surface area contributed by atoms with Crippen LogP contribution in [0.3, 0.4) is 0 Å². The van der Waals surface area contributed by atoms with Crippen molar-refractivity contribution < 1.29 is 4.79 Å². The molecule has 0 aromatic heterocycles. The maximum absolute atomic E-state index is 11.8. The number of hydrogen-bond donors (Lipinski definition) is 2. The third kappa shape index (κ3) is 5.64. The molecule has 0 atom stereocenters. The first-order valence-corrected chi connectivity index (χ1v) is 9.07. The zero-order valence-corrected chi connectivity index (χ0v) is 15.0. The molecule has 0 radical (unpaired) electrons. The highest BCUT2D eigenvalue weighted by Gasteiger charge is 2.04. The highest BCUT2D eigenvalue weighted by Crippen LogP contribution is 2.24. The van der Waals surface area contributed by atoms with Crippen LogP contribution in [0.15, 0.2) is 42.5 Å². The highest BCUT2D eigenvalue weighted by molar-refractivity contribution is 7.98. The Morgan fingerprint density at radius 3 is 2.71 bits per heavy atom. The lowest BCUT2D eigenvalue weighted by molar-refractivity contribution is 0.252. The normalized spacial score (nSPS) is 10.0. The van der Waals surface area contributed by atoms with E-state index in [0.29, 0.717) is 27.8 Å². The van der Waals surface area contributed by atoms with Gasteiger partial charge < -0.3 is 10.6 Å². The molecule has 2 aromatic rings. The van der Waals surface area contributed by atoms with Gasteiger partial charge >= 0.3 is 6.03 Å². The van der Waals surface area contributed by atoms with Crippen molar-refractivity contribution in [3.05, 3.63) is 63.6 Å². The van der Waals surface area contributed by atoms with Gasteiger partial charge in [-0.2, -0.15) is 17.0 Å². The van der Waals surface area contributed by atoms with Gasteiger partial charge in [0, 0.05) is 23.7 Å². The van der Waals surface area contributed by atoms with E-state index in [9.17, 15) is 4.79 Å². The van der Waals surface area contributed by atoms with Crippen LogP contribution in [0, 0.1) is 11.3 Å². The van der Waals surface area contributed by atoms with Crippen LogP contribution in [0.2, 0.25) is 10.0 Å². The Hall–Kier alpha value is -1.87. The fourth-order valence-electron chi connectivity index (χ4n) is 1.92. The molecule has 2 rings (SSSR count). The average molecular weight is 380 g/mol. The molecule has 2 amide bonds. The Labute approximate surface area is 155 Å². The maximum atomic E-state index is 11.8. The number of nitriles is 1. The van der Waals surface area contributed by atoms with Crippen molar-refractivity contribution in [2.24, 2.45) is 0 Å². The summed E-state index contributed by atoms with van der Waals surface area (Å²) in [6.07, 6.45) is 0. The minimum atomic E-state index is -0.300. The van der Waals surface area contributed by atoms with Gasteiger partial charge in [0.1, 0.15) is 0 Å². The number of thioether (sulfide) groups is 1. The van der Waals surface area contributed by atoms with Gasteiger partial charge in [-0.3, -0.25) is 0 Å². The SMILES string of the molecule is N#Cc1ccccc1CSCCNC(=O)Nc1ccc(Cl)c(Cl)c1. The van der Waals surface area contributed by atoms with E-state index < -0.39 is 0 Å².